The molecule has 0 saturated carbocycles. The zero-order chi connectivity index (χ0) is 14.6. The van der Waals surface area contributed by atoms with Gasteiger partial charge in [0.15, 0.2) is 0 Å². The van der Waals surface area contributed by atoms with E-state index in [2.05, 4.69) is 5.32 Å². The molecule has 1 heterocycles. The Morgan fingerprint density at radius 2 is 1.81 bits per heavy atom. The van der Waals surface area contributed by atoms with Crippen LogP contribution in [-0.4, -0.2) is 44.7 Å². The molecule has 2 rings (SSSR count). The molecule has 1 aliphatic heterocycles. The zero-order valence-electron chi connectivity index (χ0n) is 12.4. The van der Waals surface area contributed by atoms with E-state index in [1.54, 1.807) is 28.2 Å². The van der Waals surface area contributed by atoms with Crippen molar-refractivity contribution in [2.24, 2.45) is 0 Å². The lowest BCUT2D eigenvalue weighted by Gasteiger charge is -2.33. The van der Waals surface area contributed by atoms with E-state index in [1.165, 1.54) is 0 Å². The molecule has 1 aromatic carbocycles. The maximum Gasteiger partial charge on any atom is 0.243 e. The number of piperidine rings is 1. The van der Waals surface area contributed by atoms with Crippen LogP contribution in [0.25, 0.3) is 0 Å². The van der Waals surface area contributed by atoms with Gasteiger partial charge < -0.3 is 5.32 Å². The smallest absolute Gasteiger partial charge is 0.243 e. The Morgan fingerprint density at radius 1 is 1.24 bits per heavy atom. The summed E-state index contributed by atoms with van der Waals surface area (Å²) >= 11 is 1.61. The molecule has 21 heavy (non-hydrogen) atoms. The van der Waals surface area contributed by atoms with Crippen LogP contribution in [0.1, 0.15) is 19.8 Å². The highest BCUT2D eigenvalue weighted by Gasteiger charge is 2.30. The van der Waals surface area contributed by atoms with Crippen molar-refractivity contribution in [3.63, 3.8) is 0 Å². The summed E-state index contributed by atoms with van der Waals surface area (Å²) in [4.78, 5) is 1.48. The average Bonchev–Trinajstić information content (AvgIpc) is 2.49. The zero-order valence-corrected chi connectivity index (χ0v) is 14.9. The summed E-state index contributed by atoms with van der Waals surface area (Å²) in [7, 11) is -3.38. The van der Waals surface area contributed by atoms with Crippen molar-refractivity contribution in [1.29, 1.82) is 0 Å². The van der Waals surface area contributed by atoms with Crippen molar-refractivity contribution in [2.45, 2.75) is 35.6 Å². The quantitative estimate of drug-likeness (QED) is 0.829. The summed E-state index contributed by atoms with van der Waals surface area (Å²) in [6.45, 7) is 4.22. The summed E-state index contributed by atoms with van der Waals surface area (Å²) in [5.41, 5.74) is 0. The molecule has 0 aliphatic carbocycles. The molecule has 0 atom stereocenters. The summed E-state index contributed by atoms with van der Waals surface area (Å²) in [5.74, 6) is 0. The Bertz CT molecular complexity index is 528. The van der Waals surface area contributed by atoms with E-state index in [-0.39, 0.29) is 18.4 Å². The van der Waals surface area contributed by atoms with E-state index in [0.717, 1.165) is 30.8 Å². The van der Waals surface area contributed by atoms with Gasteiger partial charge in [0.25, 0.3) is 0 Å². The van der Waals surface area contributed by atoms with Crippen molar-refractivity contribution < 1.29 is 8.42 Å². The second-order valence-corrected chi connectivity index (χ2v) is 7.64. The minimum absolute atomic E-state index is 0. The van der Waals surface area contributed by atoms with Gasteiger partial charge in [-0.1, -0.05) is 6.92 Å². The Kier molecular flexibility index (Phi) is 7.50. The molecule has 0 aromatic heterocycles. The monoisotopic (exact) mass is 350 g/mol. The topological polar surface area (TPSA) is 49.4 Å². The summed E-state index contributed by atoms with van der Waals surface area (Å²) in [5, 5.41) is 3.28. The number of nitrogens with zero attached hydrogens (tertiary/aromatic N) is 1. The first kappa shape index (κ1) is 18.8. The van der Waals surface area contributed by atoms with E-state index < -0.39 is 10.0 Å². The molecule has 0 unspecified atom stereocenters. The van der Waals surface area contributed by atoms with E-state index in [4.69, 9.17) is 0 Å². The van der Waals surface area contributed by atoms with Gasteiger partial charge in [0.05, 0.1) is 4.90 Å². The number of halogens is 1. The molecular weight excluding hydrogens is 328 g/mol. The second kappa shape index (κ2) is 8.39. The number of hydrogen-bond donors (Lipinski definition) is 1. The van der Waals surface area contributed by atoms with Crippen LogP contribution >= 0.6 is 24.2 Å². The fourth-order valence-electron chi connectivity index (χ4n) is 2.60. The Labute approximate surface area is 138 Å². The third kappa shape index (κ3) is 4.36. The first-order valence-corrected chi connectivity index (χ1v) is 9.62. The molecule has 0 bridgehead atoms. The predicted molar refractivity (Wildman–Crippen MR) is 90.9 cm³/mol. The van der Waals surface area contributed by atoms with Gasteiger partial charge in [0.2, 0.25) is 10.0 Å². The number of rotatable bonds is 5. The average molecular weight is 351 g/mol. The van der Waals surface area contributed by atoms with Crippen LogP contribution in [0, 0.1) is 0 Å². The summed E-state index contributed by atoms with van der Waals surface area (Å²) < 4.78 is 27.2. The van der Waals surface area contributed by atoms with E-state index in [1.807, 2.05) is 25.3 Å². The fourth-order valence-corrected chi connectivity index (χ4v) is 4.70. The molecule has 1 fully saturated rings. The molecule has 0 amide bonds. The first-order chi connectivity index (χ1) is 9.59. The van der Waals surface area contributed by atoms with Gasteiger partial charge >= 0.3 is 0 Å². The number of thioether (sulfide) groups is 1. The predicted octanol–water partition coefficient (Wildman–Crippen LogP) is 2.59. The van der Waals surface area contributed by atoms with E-state index >= 15 is 0 Å². The molecule has 1 aliphatic rings. The normalized spacial score (nSPS) is 16.7. The third-order valence-electron chi connectivity index (χ3n) is 3.69. The van der Waals surface area contributed by atoms with Crippen molar-refractivity contribution in [1.82, 2.24) is 9.62 Å². The van der Waals surface area contributed by atoms with Crippen molar-refractivity contribution >= 4 is 34.2 Å². The molecule has 1 aromatic rings. The van der Waals surface area contributed by atoms with Gasteiger partial charge in [-0.25, -0.2) is 8.42 Å². The lowest BCUT2D eigenvalue weighted by atomic mass is 10.1. The highest BCUT2D eigenvalue weighted by Crippen LogP contribution is 2.24. The van der Waals surface area contributed by atoms with Crippen molar-refractivity contribution in [2.75, 3.05) is 25.9 Å². The van der Waals surface area contributed by atoms with Crippen LogP contribution in [0.5, 0.6) is 0 Å². The standard InChI is InChI=1S/C14H22N2O2S2.ClH/c1-3-16(12-8-10-15-11-9-12)20(17,18)14-6-4-13(19-2)5-7-14;/h4-7,12,15H,3,8-11H2,1-2H3;1H. The van der Waals surface area contributed by atoms with Gasteiger partial charge in [-0.05, 0) is 56.5 Å². The van der Waals surface area contributed by atoms with Crippen LogP contribution in [-0.2, 0) is 10.0 Å². The Balaban J connectivity index is 0.00000220. The maximum absolute atomic E-state index is 12.8. The molecule has 4 nitrogen and oxygen atoms in total. The van der Waals surface area contributed by atoms with Crippen LogP contribution in [0.4, 0.5) is 0 Å². The maximum atomic E-state index is 12.8. The number of benzene rings is 1. The minimum atomic E-state index is -3.38. The summed E-state index contributed by atoms with van der Waals surface area (Å²) in [6.07, 6.45) is 3.75. The lowest BCUT2D eigenvalue weighted by Crippen LogP contribution is -2.45. The molecule has 1 saturated heterocycles. The molecule has 0 spiro atoms. The van der Waals surface area contributed by atoms with Gasteiger partial charge in [0.1, 0.15) is 0 Å². The van der Waals surface area contributed by atoms with Gasteiger partial charge in [0, 0.05) is 17.5 Å². The summed E-state index contributed by atoms with van der Waals surface area (Å²) in [6, 6.07) is 7.28. The molecular formula is C14H23ClN2O2S2. The second-order valence-electron chi connectivity index (χ2n) is 4.87. The van der Waals surface area contributed by atoms with Crippen LogP contribution < -0.4 is 5.32 Å². The number of hydrogen-bond acceptors (Lipinski definition) is 4. The highest BCUT2D eigenvalue weighted by molar-refractivity contribution is 7.98. The Morgan fingerprint density at radius 3 is 2.29 bits per heavy atom. The van der Waals surface area contributed by atoms with Crippen LogP contribution in [0.2, 0.25) is 0 Å². The minimum Gasteiger partial charge on any atom is -0.317 e. The molecule has 0 radical (unpaired) electrons. The highest BCUT2D eigenvalue weighted by atomic mass is 35.5. The van der Waals surface area contributed by atoms with Crippen LogP contribution in [0.15, 0.2) is 34.1 Å². The lowest BCUT2D eigenvalue weighted by molar-refractivity contribution is 0.271. The van der Waals surface area contributed by atoms with E-state index in [0.29, 0.717) is 11.4 Å². The Hall–Kier alpha value is -0.270. The third-order valence-corrected chi connectivity index (χ3v) is 6.48. The fraction of sp³-hybridized carbons (Fsp3) is 0.571. The van der Waals surface area contributed by atoms with Gasteiger partial charge in [-0.2, -0.15) is 4.31 Å². The van der Waals surface area contributed by atoms with Crippen LogP contribution in [0.3, 0.4) is 0 Å². The SMILES string of the molecule is CCN(C1CCNCC1)S(=O)(=O)c1ccc(SC)cc1.Cl. The first-order valence-electron chi connectivity index (χ1n) is 6.96. The van der Waals surface area contributed by atoms with Gasteiger partial charge in [-0.15, -0.1) is 24.2 Å². The number of nitrogens with one attached hydrogen (secondary N) is 1. The molecule has 7 heteroatoms. The van der Waals surface area contributed by atoms with Gasteiger partial charge in [-0.3, -0.25) is 0 Å². The van der Waals surface area contributed by atoms with Crippen molar-refractivity contribution in [3.8, 4) is 0 Å². The largest absolute Gasteiger partial charge is 0.317 e. The molecule has 1 N–H and O–H groups in total. The number of sulfonamides is 1. The van der Waals surface area contributed by atoms with Crippen molar-refractivity contribution in [3.05, 3.63) is 24.3 Å². The molecule has 120 valence electrons. The van der Waals surface area contributed by atoms with E-state index in [9.17, 15) is 8.42 Å².